The standard InChI is InChI=1S/C23H29BO4/c1-6-26-21(25)16-20(24-27-22(2,3)23(4,5)28-24)19-14-12-18(13-15-19)17-10-8-7-9-11-17/h7-15,20H,6,16H2,1-5H3. The number of esters is 1. The van der Waals surface area contributed by atoms with Crippen LogP contribution in [0.3, 0.4) is 0 Å². The summed E-state index contributed by atoms with van der Waals surface area (Å²) in [6, 6.07) is 18.5. The summed E-state index contributed by atoms with van der Waals surface area (Å²) in [7, 11) is -0.503. The molecule has 4 nitrogen and oxygen atoms in total. The molecular weight excluding hydrogens is 351 g/mol. The molecule has 148 valence electrons. The van der Waals surface area contributed by atoms with Crippen molar-refractivity contribution in [1.29, 1.82) is 0 Å². The van der Waals surface area contributed by atoms with Gasteiger partial charge in [0.25, 0.3) is 0 Å². The lowest BCUT2D eigenvalue weighted by Gasteiger charge is -2.32. The van der Waals surface area contributed by atoms with E-state index in [1.807, 2.05) is 52.8 Å². The van der Waals surface area contributed by atoms with E-state index in [4.69, 9.17) is 14.0 Å². The van der Waals surface area contributed by atoms with Crippen molar-refractivity contribution in [3.63, 3.8) is 0 Å². The van der Waals surface area contributed by atoms with Crippen LogP contribution < -0.4 is 0 Å². The largest absolute Gasteiger partial charge is 0.466 e. The average molecular weight is 380 g/mol. The third kappa shape index (κ3) is 4.31. The van der Waals surface area contributed by atoms with Crippen LogP contribution in [0.15, 0.2) is 54.6 Å². The van der Waals surface area contributed by atoms with Crippen molar-refractivity contribution in [3.8, 4) is 11.1 Å². The Morgan fingerprint density at radius 2 is 1.46 bits per heavy atom. The summed E-state index contributed by atoms with van der Waals surface area (Å²) >= 11 is 0. The molecular formula is C23H29BO4. The van der Waals surface area contributed by atoms with Crippen LogP contribution in [0.1, 0.15) is 52.4 Å². The molecule has 2 aromatic rings. The predicted octanol–water partition coefficient (Wildman–Crippen LogP) is 5.02. The Labute approximate surface area is 168 Å². The van der Waals surface area contributed by atoms with Gasteiger partial charge in [0.1, 0.15) is 0 Å². The van der Waals surface area contributed by atoms with Gasteiger partial charge >= 0.3 is 13.1 Å². The van der Waals surface area contributed by atoms with Gasteiger partial charge in [0, 0.05) is 5.82 Å². The van der Waals surface area contributed by atoms with E-state index in [-0.39, 0.29) is 18.2 Å². The number of hydrogen-bond acceptors (Lipinski definition) is 4. The van der Waals surface area contributed by atoms with Gasteiger partial charge in [-0.15, -0.1) is 0 Å². The van der Waals surface area contributed by atoms with E-state index in [2.05, 4.69) is 36.4 Å². The molecule has 1 saturated heterocycles. The molecule has 0 radical (unpaired) electrons. The van der Waals surface area contributed by atoms with Gasteiger partial charge in [-0.2, -0.15) is 0 Å². The normalized spacial score (nSPS) is 18.7. The molecule has 1 unspecified atom stereocenters. The Kier molecular flexibility index (Phi) is 5.97. The molecule has 1 fully saturated rings. The second-order valence-electron chi connectivity index (χ2n) is 8.23. The number of ether oxygens (including phenoxy) is 1. The van der Waals surface area contributed by atoms with Crippen molar-refractivity contribution in [3.05, 3.63) is 60.2 Å². The minimum absolute atomic E-state index is 0.218. The Hall–Kier alpha value is -2.11. The second-order valence-corrected chi connectivity index (χ2v) is 8.23. The maximum Gasteiger partial charge on any atom is 0.466 e. The summed E-state index contributed by atoms with van der Waals surface area (Å²) in [5, 5.41) is 0. The van der Waals surface area contributed by atoms with Gasteiger partial charge in [-0.25, -0.2) is 0 Å². The second kappa shape index (κ2) is 8.10. The molecule has 0 aliphatic carbocycles. The first-order valence-electron chi connectivity index (χ1n) is 9.90. The molecule has 1 heterocycles. The lowest BCUT2D eigenvalue weighted by molar-refractivity contribution is -0.143. The highest BCUT2D eigenvalue weighted by atomic mass is 16.7. The van der Waals surface area contributed by atoms with Crippen LogP contribution in [-0.4, -0.2) is 30.9 Å². The van der Waals surface area contributed by atoms with Crippen LogP contribution in [0, 0.1) is 0 Å². The van der Waals surface area contributed by atoms with Crippen LogP contribution in [0.25, 0.3) is 11.1 Å². The molecule has 0 N–H and O–H groups in total. The smallest absolute Gasteiger partial charge is 0.466 e. The highest BCUT2D eigenvalue weighted by molar-refractivity contribution is 6.48. The van der Waals surface area contributed by atoms with E-state index >= 15 is 0 Å². The third-order valence-electron chi connectivity index (χ3n) is 5.74. The number of hydrogen-bond donors (Lipinski definition) is 0. The molecule has 0 bridgehead atoms. The van der Waals surface area contributed by atoms with Gasteiger partial charge < -0.3 is 14.0 Å². The van der Waals surface area contributed by atoms with Crippen molar-refractivity contribution >= 4 is 13.1 Å². The van der Waals surface area contributed by atoms with E-state index in [1.54, 1.807) is 0 Å². The zero-order valence-corrected chi connectivity index (χ0v) is 17.4. The number of carbonyl (C=O) groups excluding carboxylic acids is 1. The highest BCUT2D eigenvalue weighted by Crippen LogP contribution is 2.42. The molecule has 3 rings (SSSR count). The lowest BCUT2D eigenvalue weighted by Crippen LogP contribution is -2.41. The average Bonchev–Trinajstić information content (AvgIpc) is 2.88. The van der Waals surface area contributed by atoms with Crippen molar-refractivity contribution in [2.75, 3.05) is 6.61 Å². The molecule has 28 heavy (non-hydrogen) atoms. The maximum atomic E-state index is 12.3. The fourth-order valence-corrected chi connectivity index (χ4v) is 3.38. The summed E-state index contributed by atoms with van der Waals surface area (Å²) in [6.45, 7) is 10.3. The first-order valence-corrected chi connectivity index (χ1v) is 9.90. The minimum atomic E-state index is -0.503. The predicted molar refractivity (Wildman–Crippen MR) is 112 cm³/mol. The maximum absolute atomic E-state index is 12.3. The van der Waals surface area contributed by atoms with E-state index in [0.29, 0.717) is 6.61 Å². The van der Waals surface area contributed by atoms with Crippen LogP contribution >= 0.6 is 0 Å². The zero-order chi connectivity index (χ0) is 20.4. The summed E-state index contributed by atoms with van der Waals surface area (Å²) < 4.78 is 17.7. The van der Waals surface area contributed by atoms with Crippen LogP contribution in [0.2, 0.25) is 0 Å². The molecule has 1 aliphatic rings. The SMILES string of the molecule is CCOC(=O)CC(B1OC(C)(C)C(C)(C)O1)c1ccc(-c2ccccc2)cc1. The van der Waals surface area contributed by atoms with E-state index in [9.17, 15) is 4.79 Å². The van der Waals surface area contributed by atoms with Gasteiger partial charge in [0.15, 0.2) is 0 Å². The molecule has 0 amide bonds. The Balaban J connectivity index is 1.88. The van der Waals surface area contributed by atoms with Crippen molar-refractivity contribution < 1.29 is 18.8 Å². The monoisotopic (exact) mass is 380 g/mol. The van der Waals surface area contributed by atoms with Gasteiger partial charge in [-0.1, -0.05) is 54.6 Å². The zero-order valence-electron chi connectivity index (χ0n) is 17.4. The number of benzene rings is 2. The fraction of sp³-hybridized carbons (Fsp3) is 0.435. The fourth-order valence-electron chi connectivity index (χ4n) is 3.38. The van der Waals surface area contributed by atoms with Gasteiger partial charge in [0.2, 0.25) is 0 Å². The topological polar surface area (TPSA) is 44.8 Å². The van der Waals surface area contributed by atoms with E-state index in [1.165, 1.54) is 0 Å². The van der Waals surface area contributed by atoms with Crippen LogP contribution in [0.4, 0.5) is 0 Å². The van der Waals surface area contributed by atoms with Crippen LogP contribution in [0.5, 0.6) is 0 Å². The molecule has 0 saturated carbocycles. The Morgan fingerprint density at radius 1 is 0.929 bits per heavy atom. The quantitative estimate of drug-likeness (QED) is 0.521. The first-order chi connectivity index (χ1) is 13.2. The number of carbonyl (C=O) groups is 1. The van der Waals surface area contributed by atoms with Crippen molar-refractivity contribution in [1.82, 2.24) is 0 Å². The summed E-state index contributed by atoms with van der Waals surface area (Å²) in [6.07, 6.45) is 0.218. The Morgan fingerprint density at radius 3 is 2.00 bits per heavy atom. The molecule has 5 heteroatoms. The molecule has 2 aromatic carbocycles. The van der Waals surface area contributed by atoms with Crippen molar-refractivity contribution in [2.45, 2.75) is 58.1 Å². The van der Waals surface area contributed by atoms with Gasteiger partial charge in [-0.3, -0.25) is 4.79 Å². The van der Waals surface area contributed by atoms with Gasteiger partial charge in [0.05, 0.1) is 24.2 Å². The summed E-state index contributed by atoms with van der Waals surface area (Å²) in [5.41, 5.74) is 2.40. The minimum Gasteiger partial charge on any atom is -0.466 e. The summed E-state index contributed by atoms with van der Waals surface area (Å²) in [4.78, 5) is 12.3. The molecule has 0 aromatic heterocycles. The first kappa shape index (κ1) is 20.6. The summed E-state index contributed by atoms with van der Waals surface area (Å²) in [5.74, 6) is -0.473. The highest BCUT2D eigenvalue weighted by Gasteiger charge is 2.54. The third-order valence-corrected chi connectivity index (χ3v) is 5.74. The molecule has 1 aliphatic heterocycles. The lowest BCUT2D eigenvalue weighted by atomic mass is 9.66. The molecule has 1 atom stereocenters. The van der Waals surface area contributed by atoms with E-state index in [0.717, 1.165) is 16.7 Å². The van der Waals surface area contributed by atoms with E-state index < -0.39 is 18.3 Å². The van der Waals surface area contributed by atoms with Crippen LogP contribution in [-0.2, 0) is 18.8 Å². The number of rotatable bonds is 6. The molecule has 0 spiro atoms. The van der Waals surface area contributed by atoms with Crippen molar-refractivity contribution in [2.24, 2.45) is 0 Å². The van der Waals surface area contributed by atoms with Gasteiger partial charge in [-0.05, 0) is 51.3 Å². The Bertz CT molecular complexity index is 783.